The topological polar surface area (TPSA) is 0 Å². The van der Waals surface area contributed by atoms with Gasteiger partial charge in [0.15, 0.2) is 0 Å². The smallest absolute Gasteiger partial charge is 0.0533 e. The first kappa shape index (κ1) is 15.1. The monoisotopic (exact) mass is 320 g/mol. The lowest BCUT2D eigenvalue weighted by Crippen LogP contribution is -2.20. The van der Waals surface area contributed by atoms with Crippen LogP contribution in [0.5, 0.6) is 0 Å². The van der Waals surface area contributed by atoms with Crippen molar-refractivity contribution in [3.63, 3.8) is 0 Å². The highest BCUT2D eigenvalue weighted by molar-refractivity contribution is 8.04. The van der Waals surface area contributed by atoms with E-state index < -0.39 is 0 Å². The van der Waals surface area contributed by atoms with Crippen molar-refractivity contribution < 1.29 is 0 Å². The van der Waals surface area contributed by atoms with E-state index in [1.807, 2.05) is 11.8 Å². The van der Waals surface area contributed by atoms with Crippen LogP contribution in [0.15, 0.2) is 80.4 Å². The summed E-state index contributed by atoms with van der Waals surface area (Å²) in [6.45, 7) is 11.6. The zero-order valence-corrected chi connectivity index (χ0v) is 15.5. The van der Waals surface area contributed by atoms with Gasteiger partial charge in [0.1, 0.15) is 0 Å². The quantitative estimate of drug-likeness (QED) is 0.565. The van der Waals surface area contributed by atoms with Crippen molar-refractivity contribution in [2.45, 2.75) is 46.3 Å². The zero-order chi connectivity index (χ0) is 16.4. The van der Waals surface area contributed by atoms with Crippen molar-refractivity contribution in [2.75, 3.05) is 0 Å². The molecule has 0 nitrogen and oxygen atoms in total. The molecule has 1 heteroatoms. The minimum atomic E-state index is 0.101. The predicted octanol–water partition coefficient (Wildman–Crippen LogP) is 6.43. The van der Waals surface area contributed by atoms with Gasteiger partial charge in [-0.15, -0.1) is 11.8 Å². The molecule has 1 atom stereocenters. The van der Waals surface area contributed by atoms with Gasteiger partial charge in [-0.25, -0.2) is 0 Å². The SMILES string of the molecule is CC1=C(C(C)(C)C2=CC=CC2)C2=CC3SC(C)=C(C)C3=CC2=C1. The lowest BCUT2D eigenvalue weighted by atomic mass is 9.71. The first-order valence-corrected chi connectivity index (χ1v) is 9.35. The fourth-order valence-corrected chi connectivity index (χ4v) is 5.58. The van der Waals surface area contributed by atoms with Gasteiger partial charge in [-0.3, -0.25) is 0 Å². The molecule has 4 rings (SSSR count). The zero-order valence-electron chi connectivity index (χ0n) is 14.7. The summed E-state index contributed by atoms with van der Waals surface area (Å²) in [6.07, 6.45) is 15.2. The summed E-state index contributed by atoms with van der Waals surface area (Å²) < 4.78 is 0. The molecule has 118 valence electrons. The second-order valence-electron chi connectivity index (χ2n) is 7.51. The first-order valence-electron chi connectivity index (χ1n) is 8.47. The third-order valence-corrected chi connectivity index (χ3v) is 7.05. The number of hydrogen-bond acceptors (Lipinski definition) is 1. The average molecular weight is 321 g/mol. The van der Waals surface area contributed by atoms with Crippen LogP contribution in [-0.4, -0.2) is 5.25 Å². The van der Waals surface area contributed by atoms with Crippen LogP contribution in [0.3, 0.4) is 0 Å². The van der Waals surface area contributed by atoms with E-state index in [0.717, 1.165) is 6.42 Å². The summed E-state index contributed by atoms with van der Waals surface area (Å²) in [4.78, 5) is 1.47. The highest BCUT2D eigenvalue weighted by Crippen LogP contribution is 2.53. The minimum absolute atomic E-state index is 0.101. The number of allylic oxidation sites excluding steroid dienone is 12. The van der Waals surface area contributed by atoms with Crippen molar-refractivity contribution in [2.24, 2.45) is 5.41 Å². The first-order chi connectivity index (χ1) is 10.9. The van der Waals surface area contributed by atoms with E-state index >= 15 is 0 Å². The lowest BCUT2D eigenvalue weighted by Gasteiger charge is -2.32. The van der Waals surface area contributed by atoms with E-state index in [-0.39, 0.29) is 5.41 Å². The van der Waals surface area contributed by atoms with Crippen LogP contribution in [0.1, 0.15) is 41.0 Å². The Bertz CT molecular complexity index is 816. The molecule has 4 aliphatic rings. The van der Waals surface area contributed by atoms with Crippen molar-refractivity contribution >= 4 is 11.8 Å². The molecule has 0 bridgehead atoms. The van der Waals surface area contributed by atoms with Crippen molar-refractivity contribution in [3.05, 3.63) is 80.4 Å². The summed E-state index contributed by atoms with van der Waals surface area (Å²) in [5, 5.41) is 0.509. The summed E-state index contributed by atoms with van der Waals surface area (Å²) in [7, 11) is 0. The second kappa shape index (κ2) is 5.01. The van der Waals surface area contributed by atoms with Gasteiger partial charge in [-0.05, 0) is 71.6 Å². The summed E-state index contributed by atoms with van der Waals surface area (Å²) in [6, 6.07) is 0. The van der Waals surface area contributed by atoms with E-state index in [9.17, 15) is 0 Å². The van der Waals surface area contributed by atoms with Crippen LogP contribution < -0.4 is 0 Å². The van der Waals surface area contributed by atoms with Crippen molar-refractivity contribution in [3.8, 4) is 0 Å². The summed E-state index contributed by atoms with van der Waals surface area (Å²) in [5.41, 5.74) is 10.5. The Morgan fingerprint density at radius 1 is 1.13 bits per heavy atom. The molecule has 1 aliphatic heterocycles. The molecule has 0 N–H and O–H groups in total. The van der Waals surface area contributed by atoms with Gasteiger partial charge < -0.3 is 0 Å². The highest BCUT2D eigenvalue weighted by atomic mass is 32.2. The van der Waals surface area contributed by atoms with Crippen LogP contribution in [0, 0.1) is 5.41 Å². The van der Waals surface area contributed by atoms with E-state index in [0.29, 0.717) is 5.25 Å². The Kier molecular flexibility index (Phi) is 3.29. The van der Waals surface area contributed by atoms with Crippen LogP contribution in [0.25, 0.3) is 0 Å². The van der Waals surface area contributed by atoms with Crippen molar-refractivity contribution in [1.82, 2.24) is 0 Å². The van der Waals surface area contributed by atoms with Gasteiger partial charge in [-0.2, -0.15) is 0 Å². The van der Waals surface area contributed by atoms with Crippen LogP contribution in [-0.2, 0) is 0 Å². The van der Waals surface area contributed by atoms with Gasteiger partial charge in [0, 0.05) is 5.41 Å². The van der Waals surface area contributed by atoms with Gasteiger partial charge in [-0.1, -0.05) is 49.8 Å². The average Bonchev–Trinajstić information content (AvgIpc) is 3.17. The Balaban J connectivity index is 1.76. The molecular formula is C22H24S. The third kappa shape index (κ3) is 2.13. The maximum atomic E-state index is 2.52. The molecule has 0 amide bonds. The molecule has 1 unspecified atom stereocenters. The molecule has 0 aromatic rings. The second-order valence-corrected chi connectivity index (χ2v) is 8.86. The fraction of sp³-hybridized carbons (Fsp3) is 0.364. The van der Waals surface area contributed by atoms with Gasteiger partial charge >= 0.3 is 0 Å². The molecule has 0 spiro atoms. The molecule has 0 aromatic carbocycles. The van der Waals surface area contributed by atoms with E-state index in [4.69, 9.17) is 0 Å². The largest absolute Gasteiger partial charge is 0.118 e. The molecular weight excluding hydrogens is 296 g/mol. The van der Waals surface area contributed by atoms with E-state index in [1.54, 1.807) is 0 Å². The van der Waals surface area contributed by atoms with Crippen LogP contribution in [0.4, 0.5) is 0 Å². The Labute approximate surface area is 144 Å². The number of thioether (sulfide) groups is 1. The van der Waals surface area contributed by atoms with Crippen molar-refractivity contribution in [1.29, 1.82) is 0 Å². The van der Waals surface area contributed by atoms with Gasteiger partial charge in [0.05, 0.1) is 5.25 Å². The minimum Gasteiger partial charge on any atom is -0.118 e. The number of hydrogen-bond donors (Lipinski definition) is 0. The molecule has 0 saturated carbocycles. The molecule has 0 radical (unpaired) electrons. The highest BCUT2D eigenvalue weighted by Gasteiger charge is 2.38. The number of fused-ring (bicyclic) bond motifs is 2. The van der Waals surface area contributed by atoms with Gasteiger partial charge in [0.2, 0.25) is 0 Å². The Morgan fingerprint density at radius 2 is 1.91 bits per heavy atom. The van der Waals surface area contributed by atoms with Crippen LogP contribution in [0.2, 0.25) is 0 Å². The molecule has 0 saturated heterocycles. The third-order valence-electron chi connectivity index (χ3n) is 5.75. The maximum absolute atomic E-state index is 2.52. The summed E-state index contributed by atoms with van der Waals surface area (Å²) >= 11 is 2.01. The maximum Gasteiger partial charge on any atom is 0.0533 e. The molecule has 23 heavy (non-hydrogen) atoms. The van der Waals surface area contributed by atoms with Crippen LogP contribution >= 0.6 is 11.8 Å². The Hall–Kier alpha value is -1.47. The van der Waals surface area contributed by atoms with Gasteiger partial charge in [0.25, 0.3) is 0 Å². The van der Waals surface area contributed by atoms with E-state index in [1.165, 1.54) is 43.9 Å². The standard InChI is InChI=1S/C22H24S/c1-13-10-16-11-18-14(2)15(3)23-20(18)12-19(16)21(13)22(4,5)17-8-6-7-9-17/h6-8,10-12,20H,9H2,1-5H3. The molecule has 0 aromatic heterocycles. The predicted molar refractivity (Wildman–Crippen MR) is 102 cm³/mol. The summed E-state index contributed by atoms with van der Waals surface area (Å²) in [5.74, 6) is 0. The lowest BCUT2D eigenvalue weighted by molar-refractivity contribution is 0.536. The molecule has 1 heterocycles. The Morgan fingerprint density at radius 3 is 2.61 bits per heavy atom. The fourth-order valence-electron chi connectivity index (χ4n) is 4.33. The molecule has 0 fully saturated rings. The molecule has 3 aliphatic carbocycles. The normalized spacial score (nSPS) is 26.2. The van der Waals surface area contributed by atoms with E-state index in [2.05, 4.69) is 71.1 Å². The number of rotatable bonds is 2.